The van der Waals surface area contributed by atoms with Crippen LogP contribution < -0.4 is 10.6 Å². The third-order valence-electron chi connectivity index (χ3n) is 5.03. The van der Waals surface area contributed by atoms with E-state index in [0.29, 0.717) is 25.4 Å². The molecule has 1 saturated heterocycles. The number of piperidine rings is 1. The van der Waals surface area contributed by atoms with Gasteiger partial charge in [-0.2, -0.15) is 0 Å². The second kappa shape index (κ2) is 9.91. The van der Waals surface area contributed by atoms with Crippen molar-refractivity contribution in [1.82, 2.24) is 9.88 Å². The minimum atomic E-state index is -0.249. The number of ether oxygens (including phenoxy) is 1. The van der Waals surface area contributed by atoms with Gasteiger partial charge >= 0.3 is 6.09 Å². The monoisotopic (exact) mass is 396 g/mol. The summed E-state index contributed by atoms with van der Waals surface area (Å²) in [7, 11) is 0. The van der Waals surface area contributed by atoms with Crippen LogP contribution in [0.1, 0.15) is 42.7 Å². The van der Waals surface area contributed by atoms with Crippen LogP contribution in [0.5, 0.6) is 0 Å². The molecule has 2 heterocycles. The van der Waals surface area contributed by atoms with E-state index < -0.39 is 0 Å². The molecule has 0 atom stereocenters. The first-order chi connectivity index (χ1) is 14.1. The van der Waals surface area contributed by atoms with Crippen LogP contribution in [-0.2, 0) is 11.2 Å². The third-order valence-corrected chi connectivity index (χ3v) is 5.03. The largest absolute Gasteiger partial charge is 0.450 e. The van der Waals surface area contributed by atoms with E-state index >= 15 is 0 Å². The average Bonchev–Trinajstić information content (AvgIpc) is 2.75. The van der Waals surface area contributed by atoms with Crippen LogP contribution in [0.2, 0.25) is 0 Å². The number of anilines is 2. The Labute approximate surface area is 171 Å². The Balaban J connectivity index is 1.58. The number of hydrogen-bond donors (Lipinski definition) is 2. The number of nitrogens with zero attached hydrogens (tertiary/aromatic N) is 2. The highest BCUT2D eigenvalue weighted by Crippen LogP contribution is 2.19. The lowest BCUT2D eigenvalue weighted by atomic mass is 10.1. The highest BCUT2D eigenvalue weighted by Gasteiger charge is 2.23. The Kier molecular flexibility index (Phi) is 7.05. The second-order valence-electron chi connectivity index (χ2n) is 7.00. The van der Waals surface area contributed by atoms with Crippen molar-refractivity contribution in [2.24, 2.45) is 0 Å². The predicted molar refractivity (Wildman–Crippen MR) is 113 cm³/mol. The van der Waals surface area contributed by atoms with Crippen molar-refractivity contribution in [1.29, 1.82) is 0 Å². The molecule has 1 aromatic carbocycles. The fraction of sp³-hybridized carbons (Fsp3) is 0.409. The number of benzene rings is 1. The van der Waals surface area contributed by atoms with Crippen molar-refractivity contribution in [2.75, 3.05) is 30.3 Å². The van der Waals surface area contributed by atoms with Gasteiger partial charge in [-0.05, 0) is 49.9 Å². The van der Waals surface area contributed by atoms with E-state index in [1.807, 2.05) is 37.3 Å². The maximum absolute atomic E-state index is 12.6. The van der Waals surface area contributed by atoms with Crippen LogP contribution in [0.3, 0.4) is 0 Å². The summed E-state index contributed by atoms with van der Waals surface area (Å²) in [5.41, 5.74) is 3.11. The van der Waals surface area contributed by atoms with Gasteiger partial charge in [0.1, 0.15) is 5.69 Å². The highest BCUT2D eigenvalue weighted by molar-refractivity contribution is 6.03. The van der Waals surface area contributed by atoms with Crippen LogP contribution in [0.15, 0.2) is 42.6 Å². The SMILES string of the molecule is CCOC(=O)N1CCC(Nc2ccnc(C(=O)Nc3ccccc3CC)c2)CC1. The lowest BCUT2D eigenvalue weighted by Gasteiger charge is -2.32. The quantitative estimate of drug-likeness (QED) is 0.773. The molecule has 1 aliphatic rings. The molecule has 3 rings (SSSR count). The first kappa shape index (κ1) is 20.6. The molecule has 1 fully saturated rings. The number of carbonyl (C=O) groups is 2. The Morgan fingerprint density at radius 2 is 1.93 bits per heavy atom. The molecule has 0 radical (unpaired) electrons. The van der Waals surface area contributed by atoms with Crippen LogP contribution in [0, 0.1) is 0 Å². The molecular weight excluding hydrogens is 368 g/mol. The zero-order valence-electron chi connectivity index (χ0n) is 17.0. The van der Waals surface area contributed by atoms with Crippen molar-refractivity contribution >= 4 is 23.4 Å². The summed E-state index contributed by atoms with van der Waals surface area (Å²) < 4.78 is 5.06. The standard InChI is InChI=1S/C22H28N4O3/c1-3-16-7-5-6-8-19(16)25-21(27)20-15-18(9-12-23-20)24-17-10-13-26(14-11-17)22(28)29-4-2/h5-9,12,15,17H,3-4,10-11,13-14H2,1-2H3,(H,23,24)(H,25,27). The number of pyridine rings is 1. The predicted octanol–water partition coefficient (Wildman–Crippen LogP) is 3.93. The Bertz CT molecular complexity index is 847. The van der Waals surface area contributed by atoms with E-state index in [1.54, 1.807) is 17.2 Å². The van der Waals surface area contributed by atoms with Crippen molar-refractivity contribution < 1.29 is 14.3 Å². The number of aromatic nitrogens is 1. The van der Waals surface area contributed by atoms with E-state index in [2.05, 4.69) is 22.5 Å². The number of para-hydroxylation sites is 1. The number of aryl methyl sites for hydroxylation is 1. The molecule has 7 heteroatoms. The first-order valence-corrected chi connectivity index (χ1v) is 10.1. The van der Waals surface area contributed by atoms with Gasteiger partial charge in [0.25, 0.3) is 5.91 Å². The maximum Gasteiger partial charge on any atom is 0.409 e. The van der Waals surface area contributed by atoms with Gasteiger partial charge in [0.15, 0.2) is 0 Å². The van der Waals surface area contributed by atoms with Gasteiger partial charge in [-0.3, -0.25) is 9.78 Å². The van der Waals surface area contributed by atoms with Gasteiger partial charge in [0.05, 0.1) is 6.61 Å². The molecule has 2 amide bonds. The Hall–Kier alpha value is -3.09. The van der Waals surface area contributed by atoms with Crippen molar-refractivity contribution in [3.8, 4) is 0 Å². The topological polar surface area (TPSA) is 83.6 Å². The molecule has 0 bridgehead atoms. The van der Waals surface area contributed by atoms with Crippen LogP contribution in [0.4, 0.5) is 16.2 Å². The van der Waals surface area contributed by atoms with Crippen LogP contribution in [-0.4, -0.2) is 47.6 Å². The molecule has 0 aliphatic carbocycles. The third kappa shape index (κ3) is 5.47. The number of carbonyl (C=O) groups excluding carboxylic acids is 2. The molecule has 0 saturated carbocycles. The maximum atomic E-state index is 12.6. The molecule has 7 nitrogen and oxygen atoms in total. The normalized spacial score (nSPS) is 14.3. The van der Waals surface area contributed by atoms with Crippen LogP contribution >= 0.6 is 0 Å². The van der Waals surface area contributed by atoms with Gasteiger partial charge in [0.2, 0.25) is 0 Å². The van der Waals surface area contributed by atoms with E-state index in [9.17, 15) is 9.59 Å². The Morgan fingerprint density at radius 3 is 2.66 bits per heavy atom. The zero-order valence-corrected chi connectivity index (χ0v) is 17.0. The summed E-state index contributed by atoms with van der Waals surface area (Å²) in [5, 5.41) is 6.41. The number of nitrogens with one attached hydrogen (secondary N) is 2. The number of hydrogen-bond acceptors (Lipinski definition) is 5. The van der Waals surface area contributed by atoms with Crippen molar-refractivity contribution in [3.63, 3.8) is 0 Å². The molecule has 154 valence electrons. The van der Waals surface area contributed by atoms with Gasteiger partial charge < -0.3 is 20.3 Å². The fourth-order valence-electron chi connectivity index (χ4n) is 3.44. The average molecular weight is 396 g/mol. The first-order valence-electron chi connectivity index (χ1n) is 10.1. The highest BCUT2D eigenvalue weighted by atomic mass is 16.6. The molecule has 29 heavy (non-hydrogen) atoms. The number of rotatable bonds is 6. The number of amides is 2. The molecule has 0 unspecified atom stereocenters. The van der Waals surface area contributed by atoms with E-state index in [0.717, 1.165) is 36.2 Å². The summed E-state index contributed by atoms with van der Waals surface area (Å²) in [6, 6.07) is 11.6. The van der Waals surface area contributed by atoms with E-state index in [4.69, 9.17) is 4.74 Å². The fourth-order valence-corrected chi connectivity index (χ4v) is 3.44. The molecule has 1 aromatic heterocycles. The van der Waals surface area contributed by atoms with Crippen molar-refractivity contribution in [3.05, 3.63) is 53.9 Å². The zero-order chi connectivity index (χ0) is 20.6. The number of likely N-dealkylation sites (tertiary alicyclic amines) is 1. The summed E-state index contributed by atoms with van der Waals surface area (Å²) in [5.74, 6) is -0.230. The summed E-state index contributed by atoms with van der Waals surface area (Å²) in [6.45, 7) is 5.57. The van der Waals surface area contributed by atoms with Gasteiger partial charge in [-0.15, -0.1) is 0 Å². The summed E-state index contributed by atoms with van der Waals surface area (Å²) >= 11 is 0. The van der Waals surface area contributed by atoms with Gasteiger partial charge in [-0.25, -0.2) is 4.79 Å². The van der Waals surface area contributed by atoms with E-state index in [1.165, 1.54) is 0 Å². The minimum absolute atomic E-state index is 0.230. The Morgan fingerprint density at radius 1 is 1.17 bits per heavy atom. The molecule has 2 N–H and O–H groups in total. The summed E-state index contributed by atoms with van der Waals surface area (Å²) in [4.78, 5) is 30.4. The van der Waals surface area contributed by atoms with Crippen molar-refractivity contribution in [2.45, 2.75) is 39.2 Å². The molecule has 1 aliphatic heterocycles. The molecule has 0 spiro atoms. The minimum Gasteiger partial charge on any atom is -0.450 e. The van der Waals surface area contributed by atoms with E-state index in [-0.39, 0.29) is 18.0 Å². The lowest BCUT2D eigenvalue weighted by Crippen LogP contribution is -2.42. The smallest absolute Gasteiger partial charge is 0.409 e. The summed E-state index contributed by atoms with van der Waals surface area (Å²) in [6.07, 6.45) is 3.88. The van der Waals surface area contributed by atoms with Crippen LogP contribution in [0.25, 0.3) is 0 Å². The molecule has 2 aromatic rings. The van der Waals surface area contributed by atoms with Gasteiger partial charge in [0, 0.05) is 36.7 Å². The lowest BCUT2D eigenvalue weighted by molar-refractivity contribution is 0.0981. The van der Waals surface area contributed by atoms with Gasteiger partial charge in [-0.1, -0.05) is 25.1 Å². The second-order valence-corrected chi connectivity index (χ2v) is 7.00. The molecular formula is C22H28N4O3.